The fourth-order valence-electron chi connectivity index (χ4n) is 3.40. The largest absolute Gasteiger partial charge is 0.325 e. The van der Waals surface area contributed by atoms with Crippen molar-refractivity contribution >= 4 is 31.5 Å². The minimum Gasteiger partial charge on any atom is -0.325 e. The van der Waals surface area contributed by atoms with Gasteiger partial charge < -0.3 is 5.32 Å². The van der Waals surface area contributed by atoms with Crippen molar-refractivity contribution in [2.24, 2.45) is 5.92 Å². The summed E-state index contributed by atoms with van der Waals surface area (Å²) < 4.78 is 50.5. The summed E-state index contributed by atoms with van der Waals surface area (Å²) in [5.74, 6) is -0.723. The maximum Gasteiger partial charge on any atom is 0.227 e. The van der Waals surface area contributed by atoms with Crippen LogP contribution in [0.3, 0.4) is 0 Å². The Morgan fingerprint density at radius 3 is 2.17 bits per heavy atom. The Hall–Kier alpha value is -2.23. The molecule has 0 radical (unpaired) electrons. The van der Waals surface area contributed by atoms with E-state index in [-0.39, 0.29) is 41.3 Å². The van der Waals surface area contributed by atoms with Crippen molar-refractivity contribution in [2.45, 2.75) is 23.5 Å². The summed E-state index contributed by atoms with van der Waals surface area (Å²) in [6, 6.07) is 15.2. The van der Waals surface area contributed by atoms with E-state index in [9.17, 15) is 21.6 Å². The molecule has 1 amide bonds. The summed E-state index contributed by atoms with van der Waals surface area (Å²) in [5, 5.41) is 2.69. The van der Waals surface area contributed by atoms with Crippen LogP contribution in [0.5, 0.6) is 0 Å². The Kier molecular flexibility index (Phi) is 6.40. The summed E-state index contributed by atoms with van der Waals surface area (Å²) in [6.07, 6.45) is 1.87. The van der Waals surface area contributed by atoms with Crippen LogP contribution in [0.4, 0.5) is 5.69 Å². The SMILES string of the molecule is CS(=O)(=O)c1ccccc1NC(=O)C1CCN(S(=O)(=O)Cc2ccccc2)CC1. The highest BCUT2D eigenvalue weighted by Crippen LogP contribution is 2.25. The molecule has 1 N–H and O–H groups in total. The number of amides is 1. The lowest BCUT2D eigenvalue weighted by Gasteiger charge is -2.30. The van der Waals surface area contributed by atoms with E-state index in [1.807, 2.05) is 6.07 Å². The minimum atomic E-state index is -3.47. The molecule has 1 saturated heterocycles. The molecule has 0 bridgehead atoms. The highest BCUT2D eigenvalue weighted by molar-refractivity contribution is 7.90. The van der Waals surface area contributed by atoms with E-state index in [0.717, 1.165) is 11.8 Å². The molecule has 156 valence electrons. The number of anilines is 1. The normalized spacial score (nSPS) is 16.4. The van der Waals surface area contributed by atoms with Crippen LogP contribution in [-0.4, -0.2) is 46.4 Å². The number of piperidine rings is 1. The van der Waals surface area contributed by atoms with E-state index >= 15 is 0 Å². The van der Waals surface area contributed by atoms with Crippen molar-refractivity contribution in [3.63, 3.8) is 0 Å². The van der Waals surface area contributed by atoms with Gasteiger partial charge >= 0.3 is 0 Å². The molecule has 2 aromatic carbocycles. The van der Waals surface area contributed by atoms with Crippen LogP contribution < -0.4 is 5.32 Å². The van der Waals surface area contributed by atoms with E-state index in [4.69, 9.17) is 0 Å². The van der Waals surface area contributed by atoms with Gasteiger partial charge in [-0.15, -0.1) is 0 Å². The number of rotatable bonds is 6. The molecule has 0 unspecified atom stereocenters. The van der Waals surface area contributed by atoms with Gasteiger partial charge in [0, 0.05) is 25.3 Å². The summed E-state index contributed by atoms with van der Waals surface area (Å²) >= 11 is 0. The van der Waals surface area contributed by atoms with Gasteiger partial charge in [0.05, 0.1) is 16.3 Å². The molecular weight excluding hydrogens is 412 g/mol. The molecule has 0 saturated carbocycles. The predicted octanol–water partition coefficient (Wildman–Crippen LogP) is 2.27. The Morgan fingerprint density at radius 2 is 1.55 bits per heavy atom. The van der Waals surface area contributed by atoms with Crippen LogP contribution in [0.25, 0.3) is 0 Å². The van der Waals surface area contributed by atoms with E-state index < -0.39 is 19.9 Å². The number of carbonyl (C=O) groups excluding carboxylic acids is 1. The van der Waals surface area contributed by atoms with E-state index in [1.165, 1.54) is 10.4 Å². The number of benzene rings is 2. The Morgan fingerprint density at radius 1 is 0.966 bits per heavy atom. The van der Waals surface area contributed by atoms with E-state index in [0.29, 0.717) is 12.8 Å². The first-order valence-electron chi connectivity index (χ1n) is 9.28. The number of hydrogen-bond acceptors (Lipinski definition) is 5. The first kappa shape index (κ1) is 21.5. The molecule has 0 spiro atoms. The van der Waals surface area contributed by atoms with E-state index in [1.54, 1.807) is 42.5 Å². The van der Waals surface area contributed by atoms with Crippen molar-refractivity contribution in [1.29, 1.82) is 0 Å². The number of para-hydroxylation sites is 1. The molecule has 7 nitrogen and oxygen atoms in total. The second kappa shape index (κ2) is 8.64. The third-order valence-electron chi connectivity index (χ3n) is 4.95. The molecule has 9 heteroatoms. The standard InChI is InChI=1S/C20H24N2O5S2/c1-28(24,25)19-10-6-5-9-18(19)21-20(23)17-11-13-22(14-12-17)29(26,27)15-16-7-3-2-4-8-16/h2-10,17H,11-15H2,1H3,(H,21,23). The van der Waals surface area contributed by atoms with Gasteiger partial charge in [-0.3, -0.25) is 4.79 Å². The number of carbonyl (C=O) groups is 1. The lowest BCUT2D eigenvalue weighted by Crippen LogP contribution is -2.42. The molecule has 29 heavy (non-hydrogen) atoms. The van der Waals surface area contributed by atoms with Crippen molar-refractivity contribution in [3.05, 3.63) is 60.2 Å². The summed E-state index contributed by atoms with van der Waals surface area (Å²) in [7, 11) is -6.92. The van der Waals surface area contributed by atoms with Crippen LogP contribution in [0.2, 0.25) is 0 Å². The molecule has 1 aliphatic heterocycles. The quantitative estimate of drug-likeness (QED) is 0.749. The van der Waals surface area contributed by atoms with Gasteiger partial charge in [-0.1, -0.05) is 42.5 Å². The zero-order valence-electron chi connectivity index (χ0n) is 16.1. The Labute approximate surface area is 171 Å². The molecule has 0 atom stereocenters. The molecular formula is C20H24N2O5S2. The maximum absolute atomic E-state index is 12.6. The number of sulfonamides is 1. The monoisotopic (exact) mass is 436 g/mol. The van der Waals surface area contributed by atoms with Crippen LogP contribution in [-0.2, 0) is 30.4 Å². The van der Waals surface area contributed by atoms with Gasteiger partial charge in [-0.25, -0.2) is 21.1 Å². The van der Waals surface area contributed by atoms with Crippen LogP contribution in [0.15, 0.2) is 59.5 Å². The first-order valence-corrected chi connectivity index (χ1v) is 12.8. The van der Waals surface area contributed by atoms with Gasteiger partial charge in [0.25, 0.3) is 0 Å². The average molecular weight is 437 g/mol. The van der Waals surface area contributed by atoms with Crippen molar-refractivity contribution in [3.8, 4) is 0 Å². The van der Waals surface area contributed by atoms with Crippen LogP contribution >= 0.6 is 0 Å². The van der Waals surface area contributed by atoms with Gasteiger partial charge in [0.1, 0.15) is 0 Å². The number of nitrogens with zero attached hydrogens (tertiary/aromatic N) is 1. The zero-order valence-corrected chi connectivity index (χ0v) is 17.7. The number of sulfone groups is 1. The topological polar surface area (TPSA) is 101 Å². The predicted molar refractivity (Wildman–Crippen MR) is 112 cm³/mol. The second-order valence-corrected chi connectivity index (χ2v) is 11.1. The maximum atomic E-state index is 12.6. The van der Waals surface area contributed by atoms with Crippen molar-refractivity contribution in [2.75, 3.05) is 24.7 Å². The molecule has 2 aromatic rings. The number of hydrogen-bond donors (Lipinski definition) is 1. The van der Waals surface area contributed by atoms with Crippen molar-refractivity contribution in [1.82, 2.24) is 4.31 Å². The molecule has 0 aliphatic carbocycles. The Balaban J connectivity index is 1.62. The minimum absolute atomic E-state index is 0.0631. The zero-order chi connectivity index (χ0) is 21.1. The molecule has 3 rings (SSSR count). The van der Waals surface area contributed by atoms with Gasteiger partial charge in [-0.2, -0.15) is 0 Å². The van der Waals surface area contributed by atoms with Gasteiger partial charge in [-0.05, 0) is 30.5 Å². The lowest BCUT2D eigenvalue weighted by atomic mass is 9.97. The van der Waals surface area contributed by atoms with Crippen LogP contribution in [0, 0.1) is 5.92 Å². The lowest BCUT2D eigenvalue weighted by molar-refractivity contribution is -0.120. The second-order valence-electron chi connectivity index (χ2n) is 7.17. The Bertz CT molecular complexity index is 1070. The molecule has 1 aliphatic rings. The van der Waals surface area contributed by atoms with Gasteiger partial charge in [0.15, 0.2) is 9.84 Å². The highest BCUT2D eigenvalue weighted by Gasteiger charge is 2.31. The smallest absolute Gasteiger partial charge is 0.227 e. The third-order valence-corrected chi connectivity index (χ3v) is 7.96. The van der Waals surface area contributed by atoms with E-state index in [2.05, 4.69) is 5.32 Å². The van der Waals surface area contributed by atoms with Gasteiger partial charge in [0.2, 0.25) is 15.9 Å². The summed E-state index contributed by atoms with van der Waals surface area (Å²) in [4.78, 5) is 12.7. The summed E-state index contributed by atoms with van der Waals surface area (Å²) in [5.41, 5.74) is 0.976. The fraction of sp³-hybridized carbons (Fsp3) is 0.350. The number of nitrogens with one attached hydrogen (secondary N) is 1. The third kappa shape index (κ3) is 5.43. The molecule has 1 fully saturated rings. The first-order chi connectivity index (χ1) is 13.7. The average Bonchev–Trinajstić information content (AvgIpc) is 2.68. The fourth-order valence-corrected chi connectivity index (χ4v) is 5.81. The van der Waals surface area contributed by atoms with Crippen molar-refractivity contribution < 1.29 is 21.6 Å². The summed E-state index contributed by atoms with van der Waals surface area (Å²) in [6.45, 7) is 0.530. The molecule has 1 heterocycles. The molecule has 0 aromatic heterocycles. The van der Waals surface area contributed by atoms with Crippen LogP contribution in [0.1, 0.15) is 18.4 Å². The highest BCUT2D eigenvalue weighted by atomic mass is 32.2.